The van der Waals surface area contributed by atoms with Gasteiger partial charge in [0.2, 0.25) is 5.78 Å². The summed E-state index contributed by atoms with van der Waals surface area (Å²) in [6, 6.07) is 9.45. The van der Waals surface area contributed by atoms with Gasteiger partial charge in [-0.3, -0.25) is 9.59 Å². The van der Waals surface area contributed by atoms with Crippen LogP contribution in [-0.2, 0) is 9.53 Å². The number of ketones is 1. The van der Waals surface area contributed by atoms with Crippen LogP contribution in [0.5, 0.6) is 5.75 Å². The zero-order valence-electron chi connectivity index (χ0n) is 18.4. The molecule has 0 bridgehead atoms. The van der Waals surface area contributed by atoms with E-state index in [1.165, 1.54) is 0 Å². The fourth-order valence-electron chi connectivity index (χ4n) is 3.03. The van der Waals surface area contributed by atoms with Crippen molar-refractivity contribution in [2.75, 3.05) is 13.7 Å². The van der Waals surface area contributed by atoms with Crippen LogP contribution in [0.25, 0.3) is 0 Å². The third kappa shape index (κ3) is 5.69. The number of carbonyl (C=O) groups excluding carboxylic acids is 3. The molecule has 160 valence electrons. The molecule has 2 aromatic rings. The maximum atomic E-state index is 12.6. The topological polar surface area (TPSA) is 81.7 Å². The molecule has 0 spiro atoms. The van der Waals surface area contributed by atoms with Gasteiger partial charge < -0.3 is 14.8 Å². The van der Waals surface area contributed by atoms with Gasteiger partial charge in [0.05, 0.1) is 7.11 Å². The Labute approximate surface area is 177 Å². The Hall–Kier alpha value is -3.15. The molecule has 0 saturated carbocycles. The summed E-state index contributed by atoms with van der Waals surface area (Å²) in [6.07, 6.45) is 0. The maximum absolute atomic E-state index is 12.6. The minimum absolute atomic E-state index is 0.210. The van der Waals surface area contributed by atoms with E-state index in [2.05, 4.69) is 5.32 Å². The Morgan fingerprint density at radius 3 is 2.10 bits per heavy atom. The van der Waals surface area contributed by atoms with Crippen molar-refractivity contribution in [3.8, 4) is 5.75 Å². The number of amides is 1. The van der Waals surface area contributed by atoms with Gasteiger partial charge in [0.25, 0.3) is 5.91 Å². The summed E-state index contributed by atoms with van der Waals surface area (Å²) in [5, 5.41) is 2.70. The number of rotatable bonds is 8. The highest BCUT2D eigenvalue weighted by Gasteiger charge is 2.27. The van der Waals surface area contributed by atoms with Gasteiger partial charge in [0, 0.05) is 11.1 Å². The van der Waals surface area contributed by atoms with E-state index >= 15 is 0 Å². The molecular weight excluding hydrogens is 382 g/mol. The Morgan fingerprint density at radius 1 is 0.933 bits per heavy atom. The van der Waals surface area contributed by atoms with Crippen molar-refractivity contribution < 1.29 is 23.9 Å². The van der Waals surface area contributed by atoms with Crippen LogP contribution in [0.4, 0.5) is 0 Å². The summed E-state index contributed by atoms with van der Waals surface area (Å²) in [7, 11) is 1.54. The van der Waals surface area contributed by atoms with Crippen molar-refractivity contribution in [1.29, 1.82) is 0 Å². The highest BCUT2D eigenvalue weighted by atomic mass is 16.5. The van der Waals surface area contributed by atoms with Crippen molar-refractivity contribution in [2.45, 2.75) is 40.7 Å². The van der Waals surface area contributed by atoms with E-state index in [4.69, 9.17) is 9.47 Å². The van der Waals surface area contributed by atoms with E-state index in [9.17, 15) is 14.4 Å². The van der Waals surface area contributed by atoms with Crippen LogP contribution in [0.15, 0.2) is 36.4 Å². The van der Waals surface area contributed by atoms with Crippen LogP contribution in [0.1, 0.15) is 51.3 Å². The number of Topliss-reactive ketones (excluding diaryl/α,β-unsaturated/α-hetero) is 1. The maximum Gasteiger partial charge on any atom is 0.329 e. The highest BCUT2D eigenvalue weighted by Crippen LogP contribution is 2.17. The Morgan fingerprint density at radius 2 is 1.53 bits per heavy atom. The fourth-order valence-corrected chi connectivity index (χ4v) is 3.03. The Kier molecular flexibility index (Phi) is 7.75. The summed E-state index contributed by atoms with van der Waals surface area (Å²) >= 11 is 0. The first-order valence-corrected chi connectivity index (χ1v) is 9.86. The first kappa shape index (κ1) is 23.1. The minimum Gasteiger partial charge on any atom is -0.497 e. The molecule has 6 heteroatoms. The first-order valence-electron chi connectivity index (χ1n) is 9.86. The number of benzene rings is 2. The van der Waals surface area contributed by atoms with E-state index in [0.29, 0.717) is 16.9 Å². The summed E-state index contributed by atoms with van der Waals surface area (Å²) in [5.41, 5.74) is 3.88. The van der Waals surface area contributed by atoms with E-state index in [1.54, 1.807) is 45.2 Å². The predicted molar refractivity (Wildman–Crippen MR) is 115 cm³/mol. The average molecular weight is 411 g/mol. The number of methoxy groups -OCH3 is 1. The number of hydrogen-bond donors (Lipinski definition) is 1. The van der Waals surface area contributed by atoms with E-state index in [0.717, 1.165) is 16.7 Å². The largest absolute Gasteiger partial charge is 0.497 e. The smallest absolute Gasteiger partial charge is 0.329 e. The van der Waals surface area contributed by atoms with Gasteiger partial charge in [-0.05, 0) is 73.7 Å². The van der Waals surface area contributed by atoms with Crippen LogP contribution < -0.4 is 10.1 Å². The van der Waals surface area contributed by atoms with Crippen LogP contribution in [-0.4, -0.2) is 37.4 Å². The summed E-state index contributed by atoms with van der Waals surface area (Å²) in [5.74, 6) is -0.885. The lowest BCUT2D eigenvalue weighted by Gasteiger charge is -2.21. The normalized spacial score (nSPS) is 11.7. The molecule has 1 atom stereocenters. The molecule has 2 aromatic carbocycles. The third-order valence-corrected chi connectivity index (χ3v) is 5.05. The lowest BCUT2D eigenvalue weighted by Crippen LogP contribution is -2.45. The van der Waals surface area contributed by atoms with Crippen LogP contribution in [0, 0.1) is 26.7 Å². The minimum atomic E-state index is -0.867. The van der Waals surface area contributed by atoms with Gasteiger partial charge in [-0.1, -0.05) is 19.9 Å². The van der Waals surface area contributed by atoms with Crippen molar-refractivity contribution in [3.05, 3.63) is 64.2 Å². The fraction of sp³-hybridized carbons (Fsp3) is 0.375. The molecule has 30 heavy (non-hydrogen) atoms. The van der Waals surface area contributed by atoms with E-state index < -0.39 is 17.9 Å². The van der Waals surface area contributed by atoms with E-state index in [1.807, 2.05) is 32.9 Å². The van der Waals surface area contributed by atoms with Crippen molar-refractivity contribution in [3.63, 3.8) is 0 Å². The first-order chi connectivity index (χ1) is 14.1. The third-order valence-electron chi connectivity index (χ3n) is 5.05. The monoisotopic (exact) mass is 411 g/mol. The van der Waals surface area contributed by atoms with Gasteiger partial charge in [0.15, 0.2) is 6.61 Å². The second-order valence-corrected chi connectivity index (χ2v) is 7.71. The van der Waals surface area contributed by atoms with Crippen molar-refractivity contribution in [2.24, 2.45) is 5.92 Å². The standard InChI is InChI=1S/C24H29NO5/c1-14(2)22(25-23(27)18-7-9-19(29-6)10-8-18)24(28)30-13-21(26)20-12-16(4)15(3)11-17(20)5/h7-12,14,22H,13H2,1-6H3,(H,25,27)/t22-/m0/s1. The van der Waals surface area contributed by atoms with Gasteiger partial charge >= 0.3 is 5.97 Å². The molecule has 0 fully saturated rings. The lowest BCUT2D eigenvalue weighted by molar-refractivity contribution is -0.145. The zero-order valence-corrected chi connectivity index (χ0v) is 18.4. The molecule has 0 aliphatic carbocycles. The molecule has 2 rings (SSSR count). The molecule has 6 nitrogen and oxygen atoms in total. The number of ether oxygens (including phenoxy) is 2. The molecule has 0 aromatic heterocycles. The van der Waals surface area contributed by atoms with Crippen molar-refractivity contribution in [1.82, 2.24) is 5.32 Å². The summed E-state index contributed by atoms with van der Waals surface area (Å²) < 4.78 is 10.3. The van der Waals surface area contributed by atoms with Gasteiger partial charge in [0.1, 0.15) is 11.8 Å². The molecule has 1 amide bonds. The predicted octanol–water partition coefficient (Wildman–Crippen LogP) is 3.80. The Bertz CT molecular complexity index is 931. The molecule has 0 saturated heterocycles. The molecule has 0 unspecified atom stereocenters. The molecule has 1 N–H and O–H groups in total. The zero-order chi connectivity index (χ0) is 22.4. The highest BCUT2D eigenvalue weighted by molar-refractivity contribution is 6.00. The molecular formula is C24H29NO5. The quantitative estimate of drug-likeness (QED) is 0.528. The van der Waals surface area contributed by atoms with Gasteiger partial charge in [-0.25, -0.2) is 4.79 Å². The lowest BCUT2D eigenvalue weighted by atomic mass is 9.98. The number of aryl methyl sites for hydroxylation is 3. The number of esters is 1. The molecule has 0 heterocycles. The number of hydrogen-bond acceptors (Lipinski definition) is 5. The van der Waals surface area contributed by atoms with Crippen LogP contribution in [0.2, 0.25) is 0 Å². The van der Waals surface area contributed by atoms with Crippen LogP contribution >= 0.6 is 0 Å². The number of nitrogens with one attached hydrogen (secondary N) is 1. The second-order valence-electron chi connectivity index (χ2n) is 7.71. The summed E-state index contributed by atoms with van der Waals surface area (Å²) in [6.45, 7) is 9.00. The molecule has 0 aliphatic heterocycles. The second kappa shape index (κ2) is 10.1. The van der Waals surface area contributed by atoms with Crippen molar-refractivity contribution >= 4 is 17.7 Å². The average Bonchev–Trinajstić information content (AvgIpc) is 2.72. The van der Waals surface area contributed by atoms with Gasteiger partial charge in [-0.2, -0.15) is 0 Å². The van der Waals surface area contributed by atoms with E-state index in [-0.39, 0.29) is 18.3 Å². The molecule has 0 radical (unpaired) electrons. The van der Waals surface area contributed by atoms with Gasteiger partial charge in [-0.15, -0.1) is 0 Å². The molecule has 0 aliphatic rings. The Balaban J connectivity index is 2.04. The number of carbonyl (C=O) groups is 3. The van der Waals surface area contributed by atoms with Crippen LogP contribution in [0.3, 0.4) is 0 Å². The SMILES string of the molecule is COc1ccc(C(=O)N[C@H](C(=O)OCC(=O)c2cc(C)c(C)cc2C)C(C)C)cc1. The summed E-state index contributed by atoms with van der Waals surface area (Å²) in [4.78, 5) is 37.6.